The van der Waals surface area contributed by atoms with E-state index in [1.54, 1.807) is 18.6 Å². The summed E-state index contributed by atoms with van der Waals surface area (Å²) in [6, 6.07) is 7.18. The fourth-order valence-corrected chi connectivity index (χ4v) is 6.26. The number of imidazole rings is 1. The van der Waals surface area contributed by atoms with Crippen LogP contribution in [0.5, 0.6) is 5.75 Å². The minimum atomic E-state index is -0.277. The minimum absolute atomic E-state index is 0.0992. The van der Waals surface area contributed by atoms with E-state index >= 15 is 0 Å². The standard InChI is InChI=1S/C30H32FN7O2/c1-18-3-4-20-23-14-33-30(32-13-22-21-9-12-40-26(21)6-5-24(22)31)38-17-34-27(28(23)38)29(39)37(16-25(20)35-18)15-19-7-10-36(2)11-8-19/h3-6,14,17,19H,7-13,15-16H2,1-2H3,(H,32,33). The van der Waals surface area contributed by atoms with Crippen molar-refractivity contribution in [3.8, 4) is 16.9 Å². The van der Waals surface area contributed by atoms with Crippen molar-refractivity contribution in [1.29, 1.82) is 0 Å². The van der Waals surface area contributed by atoms with Gasteiger partial charge in [0.2, 0.25) is 5.95 Å². The Labute approximate surface area is 232 Å². The van der Waals surface area contributed by atoms with Crippen LogP contribution < -0.4 is 10.1 Å². The van der Waals surface area contributed by atoms with Gasteiger partial charge in [0.05, 0.1) is 24.4 Å². The summed E-state index contributed by atoms with van der Waals surface area (Å²) < 4.78 is 22.2. The second kappa shape index (κ2) is 9.85. The van der Waals surface area contributed by atoms with E-state index in [4.69, 9.17) is 14.7 Å². The highest BCUT2D eigenvalue weighted by Crippen LogP contribution is 2.35. The van der Waals surface area contributed by atoms with E-state index in [1.165, 1.54) is 6.07 Å². The number of ether oxygens (including phenoxy) is 1. The van der Waals surface area contributed by atoms with Crippen LogP contribution in [-0.4, -0.2) is 68.3 Å². The molecule has 1 N–H and O–H groups in total. The molecule has 1 saturated heterocycles. The van der Waals surface area contributed by atoms with Gasteiger partial charge in [-0.25, -0.2) is 14.4 Å². The molecule has 6 heterocycles. The lowest BCUT2D eigenvalue weighted by molar-refractivity contribution is 0.0676. The summed E-state index contributed by atoms with van der Waals surface area (Å²) in [5, 5.41) is 3.30. The number of carbonyl (C=O) groups excluding carboxylic acids is 1. The molecule has 0 saturated carbocycles. The van der Waals surface area contributed by atoms with Crippen LogP contribution in [0.4, 0.5) is 10.3 Å². The van der Waals surface area contributed by atoms with Gasteiger partial charge in [-0.15, -0.1) is 0 Å². The van der Waals surface area contributed by atoms with E-state index in [0.29, 0.717) is 54.8 Å². The Bertz CT molecular complexity index is 1630. The van der Waals surface area contributed by atoms with Crippen LogP contribution in [0.15, 0.2) is 36.8 Å². The average Bonchev–Trinajstić information content (AvgIpc) is 3.61. The SMILES string of the molecule is Cc1ccc2c(n1)CN(CC1CCN(C)CC1)C(=O)c1ncn3c(NCc4c(F)ccc5c4CCO5)ncc-2c13. The van der Waals surface area contributed by atoms with Crippen molar-refractivity contribution >= 4 is 17.4 Å². The van der Waals surface area contributed by atoms with Crippen LogP contribution in [-0.2, 0) is 19.5 Å². The molecule has 0 spiro atoms. The summed E-state index contributed by atoms with van der Waals surface area (Å²) in [6.45, 7) is 5.94. The molecular formula is C30H32FN7O2. The summed E-state index contributed by atoms with van der Waals surface area (Å²) in [6.07, 6.45) is 6.20. The van der Waals surface area contributed by atoms with E-state index in [-0.39, 0.29) is 18.3 Å². The fourth-order valence-electron chi connectivity index (χ4n) is 6.26. The van der Waals surface area contributed by atoms with Crippen LogP contribution in [0.25, 0.3) is 16.6 Å². The maximum atomic E-state index is 14.8. The molecule has 3 aliphatic rings. The van der Waals surface area contributed by atoms with Crippen molar-refractivity contribution in [2.45, 2.75) is 39.3 Å². The van der Waals surface area contributed by atoms with Crippen molar-refractivity contribution in [3.63, 3.8) is 0 Å². The van der Waals surface area contributed by atoms with Crippen molar-refractivity contribution in [3.05, 3.63) is 70.8 Å². The van der Waals surface area contributed by atoms with Crippen molar-refractivity contribution in [2.75, 3.05) is 38.6 Å². The molecule has 7 rings (SSSR count). The molecule has 0 aliphatic carbocycles. The molecule has 0 bridgehead atoms. The lowest BCUT2D eigenvalue weighted by Gasteiger charge is -2.33. The zero-order valence-electron chi connectivity index (χ0n) is 22.8. The summed E-state index contributed by atoms with van der Waals surface area (Å²) >= 11 is 0. The van der Waals surface area contributed by atoms with Gasteiger partial charge in [0, 0.05) is 53.7 Å². The summed E-state index contributed by atoms with van der Waals surface area (Å²) in [4.78, 5) is 32.5. The Morgan fingerprint density at radius 3 is 2.83 bits per heavy atom. The first-order chi connectivity index (χ1) is 19.5. The predicted octanol–water partition coefficient (Wildman–Crippen LogP) is 4.08. The normalized spacial score (nSPS) is 17.4. The number of piperidine rings is 1. The number of likely N-dealkylation sites (tertiary alicyclic amines) is 1. The van der Waals surface area contributed by atoms with Gasteiger partial charge in [-0.2, -0.15) is 0 Å². The Morgan fingerprint density at radius 2 is 1.98 bits per heavy atom. The van der Waals surface area contributed by atoms with E-state index < -0.39 is 0 Å². The van der Waals surface area contributed by atoms with Gasteiger partial charge in [0.25, 0.3) is 5.91 Å². The molecule has 40 heavy (non-hydrogen) atoms. The highest BCUT2D eigenvalue weighted by Gasteiger charge is 2.31. The highest BCUT2D eigenvalue weighted by atomic mass is 19.1. The zero-order chi connectivity index (χ0) is 27.4. The van der Waals surface area contributed by atoms with Crippen LogP contribution in [0.1, 0.15) is 45.8 Å². The number of benzene rings is 1. The molecule has 1 aromatic carbocycles. The first-order valence-electron chi connectivity index (χ1n) is 13.9. The Hall–Kier alpha value is -4.05. The Balaban J connectivity index is 1.28. The highest BCUT2D eigenvalue weighted by molar-refractivity contribution is 6.04. The number of rotatable bonds is 5. The van der Waals surface area contributed by atoms with Gasteiger partial charge in [0.1, 0.15) is 17.9 Å². The summed E-state index contributed by atoms with van der Waals surface area (Å²) in [5.74, 6) is 1.28. The van der Waals surface area contributed by atoms with Crippen LogP contribution in [0, 0.1) is 18.7 Å². The van der Waals surface area contributed by atoms with Crippen molar-refractivity contribution in [2.24, 2.45) is 5.92 Å². The van der Waals surface area contributed by atoms with E-state index in [9.17, 15) is 9.18 Å². The molecule has 10 heteroatoms. The first kappa shape index (κ1) is 25.0. The average molecular weight is 542 g/mol. The van der Waals surface area contributed by atoms with Gasteiger partial charge in [-0.1, -0.05) is 6.07 Å². The van der Waals surface area contributed by atoms with Crippen LogP contribution >= 0.6 is 0 Å². The number of anilines is 1. The second-order valence-corrected chi connectivity index (χ2v) is 11.1. The number of hydrogen-bond acceptors (Lipinski definition) is 7. The molecular weight excluding hydrogens is 509 g/mol. The molecule has 0 unspecified atom stereocenters. The number of pyridine rings is 1. The summed E-state index contributed by atoms with van der Waals surface area (Å²) in [5.41, 5.74) is 6.07. The predicted molar refractivity (Wildman–Crippen MR) is 149 cm³/mol. The van der Waals surface area contributed by atoms with E-state index in [2.05, 4.69) is 28.3 Å². The fraction of sp³-hybridized carbons (Fsp3) is 0.400. The molecule has 1 fully saturated rings. The maximum Gasteiger partial charge on any atom is 0.275 e. The van der Waals surface area contributed by atoms with Gasteiger partial charge >= 0.3 is 0 Å². The molecule has 3 aromatic heterocycles. The number of halogens is 1. The molecule has 9 nitrogen and oxygen atoms in total. The topological polar surface area (TPSA) is 87.9 Å². The number of hydrogen-bond donors (Lipinski definition) is 1. The van der Waals surface area contributed by atoms with Gasteiger partial charge < -0.3 is 19.9 Å². The number of fused-ring (bicyclic) bond motifs is 3. The third kappa shape index (κ3) is 4.27. The van der Waals surface area contributed by atoms with Crippen LogP contribution in [0.2, 0.25) is 0 Å². The van der Waals surface area contributed by atoms with Gasteiger partial charge in [-0.3, -0.25) is 14.2 Å². The van der Waals surface area contributed by atoms with Gasteiger partial charge in [-0.05, 0) is 64.0 Å². The summed E-state index contributed by atoms with van der Waals surface area (Å²) in [7, 11) is 2.14. The molecule has 0 radical (unpaired) electrons. The number of nitrogens with zero attached hydrogens (tertiary/aromatic N) is 6. The van der Waals surface area contributed by atoms with Crippen molar-refractivity contribution in [1.82, 2.24) is 29.2 Å². The number of aryl methyl sites for hydroxylation is 1. The Morgan fingerprint density at radius 1 is 1.12 bits per heavy atom. The smallest absolute Gasteiger partial charge is 0.275 e. The van der Waals surface area contributed by atoms with E-state index in [1.807, 2.05) is 22.3 Å². The molecule has 1 amide bonds. The number of amides is 1. The second-order valence-electron chi connectivity index (χ2n) is 11.1. The lowest BCUT2D eigenvalue weighted by atomic mass is 9.95. The number of carbonyl (C=O) groups is 1. The Kier molecular flexibility index (Phi) is 6.14. The van der Waals surface area contributed by atoms with Crippen molar-refractivity contribution < 1.29 is 13.9 Å². The van der Waals surface area contributed by atoms with Crippen LogP contribution in [0.3, 0.4) is 0 Å². The number of aromatic nitrogens is 4. The minimum Gasteiger partial charge on any atom is -0.493 e. The molecule has 206 valence electrons. The zero-order valence-corrected chi connectivity index (χ0v) is 22.8. The number of nitrogens with one attached hydrogen (secondary N) is 1. The van der Waals surface area contributed by atoms with Gasteiger partial charge in [0.15, 0.2) is 5.69 Å². The maximum absolute atomic E-state index is 14.8. The third-order valence-corrected chi connectivity index (χ3v) is 8.48. The first-order valence-corrected chi connectivity index (χ1v) is 13.9. The van der Waals surface area contributed by atoms with E-state index in [0.717, 1.165) is 59.8 Å². The molecule has 3 aliphatic heterocycles. The largest absolute Gasteiger partial charge is 0.493 e. The monoisotopic (exact) mass is 541 g/mol. The lowest BCUT2D eigenvalue weighted by Crippen LogP contribution is -2.40. The molecule has 4 aromatic rings. The molecule has 0 atom stereocenters. The quantitative estimate of drug-likeness (QED) is 0.407. The third-order valence-electron chi connectivity index (χ3n) is 8.48.